The lowest BCUT2D eigenvalue weighted by Crippen LogP contribution is -2.27. The zero-order valence-corrected chi connectivity index (χ0v) is 12.7. The summed E-state index contributed by atoms with van der Waals surface area (Å²) in [6.45, 7) is 6.09. The quantitative estimate of drug-likeness (QED) is 0.893. The largest absolute Gasteiger partial charge is 0.346 e. The first kappa shape index (κ1) is 14.6. The smallest absolute Gasteiger partial charge is 0.244 e. The van der Waals surface area contributed by atoms with Gasteiger partial charge in [-0.2, -0.15) is 4.31 Å². The highest BCUT2D eigenvalue weighted by atomic mass is 32.2. The van der Waals surface area contributed by atoms with Crippen LogP contribution in [-0.2, 0) is 16.6 Å². The Kier molecular flexibility index (Phi) is 4.32. The number of nitrogens with zero attached hydrogens (tertiary/aromatic N) is 2. The van der Waals surface area contributed by atoms with Crippen LogP contribution in [0.3, 0.4) is 0 Å². The molecule has 0 amide bonds. The fourth-order valence-corrected chi connectivity index (χ4v) is 4.09. The predicted molar refractivity (Wildman–Crippen MR) is 75.6 cm³/mol. The lowest BCUT2D eigenvalue weighted by Gasteiger charge is -2.14. The van der Waals surface area contributed by atoms with Crippen LogP contribution in [0.1, 0.15) is 38.4 Å². The third kappa shape index (κ3) is 2.85. The van der Waals surface area contributed by atoms with Crippen molar-refractivity contribution in [1.29, 1.82) is 0 Å². The molecule has 0 unspecified atom stereocenters. The van der Waals surface area contributed by atoms with Crippen LogP contribution in [-0.4, -0.2) is 37.4 Å². The van der Waals surface area contributed by atoms with Crippen LogP contribution in [0.2, 0.25) is 0 Å². The highest BCUT2D eigenvalue weighted by Gasteiger charge is 2.28. The maximum absolute atomic E-state index is 12.5. The predicted octanol–water partition coefficient (Wildman–Crippen LogP) is 1.57. The Hall–Kier alpha value is -0.850. The maximum atomic E-state index is 12.5. The molecule has 19 heavy (non-hydrogen) atoms. The molecule has 0 atom stereocenters. The van der Waals surface area contributed by atoms with E-state index >= 15 is 0 Å². The molecule has 0 aromatic carbocycles. The summed E-state index contributed by atoms with van der Waals surface area (Å²) in [7, 11) is -1.44. The normalized spacial score (nSPS) is 17.5. The zero-order valence-electron chi connectivity index (χ0n) is 11.9. The fourth-order valence-electron chi connectivity index (χ4n) is 2.52. The Bertz CT molecular complexity index is 528. The molecule has 0 aliphatic carbocycles. The van der Waals surface area contributed by atoms with Gasteiger partial charge in [0.25, 0.3) is 0 Å². The van der Waals surface area contributed by atoms with E-state index in [-0.39, 0.29) is 6.04 Å². The Balaban J connectivity index is 2.36. The van der Waals surface area contributed by atoms with Crippen LogP contribution >= 0.6 is 0 Å². The van der Waals surface area contributed by atoms with Crippen molar-refractivity contribution in [2.24, 2.45) is 0 Å². The molecule has 0 radical (unpaired) electrons. The summed E-state index contributed by atoms with van der Waals surface area (Å²) in [5.41, 5.74) is 1.01. The molecule has 2 heterocycles. The van der Waals surface area contributed by atoms with Gasteiger partial charge in [-0.25, -0.2) is 8.42 Å². The monoisotopic (exact) mass is 285 g/mol. The van der Waals surface area contributed by atoms with Crippen LogP contribution in [0, 0.1) is 0 Å². The highest BCUT2D eigenvalue weighted by Crippen LogP contribution is 2.24. The number of aromatic nitrogens is 1. The molecule has 0 spiro atoms. The van der Waals surface area contributed by atoms with E-state index in [1.807, 2.05) is 11.6 Å². The summed E-state index contributed by atoms with van der Waals surface area (Å²) in [5, 5.41) is 3.08. The summed E-state index contributed by atoms with van der Waals surface area (Å²) in [5.74, 6) is 0. The van der Waals surface area contributed by atoms with Gasteiger partial charge in [-0.05, 0) is 39.8 Å². The Morgan fingerprint density at radius 2 is 1.95 bits per heavy atom. The van der Waals surface area contributed by atoms with Gasteiger partial charge >= 0.3 is 0 Å². The van der Waals surface area contributed by atoms with Gasteiger partial charge in [0.15, 0.2) is 0 Å². The average molecular weight is 285 g/mol. The molecule has 1 saturated heterocycles. The van der Waals surface area contributed by atoms with Crippen molar-refractivity contribution in [2.75, 3.05) is 20.1 Å². The SMILES string of the molecule is CNCc1cc(S(=O)(=O)N2CCCC2)cn1C(C)C. The lowest BCUT2D eigenvalue weighted by atomic mass is 10.3. The number of hydrogen-bond acceptors (Lipinski definition) is 3. The molecule has 6 heteroatoms. The van der Waals surface area contributed by atoms with Gasteiger partial charge in [0.05, 0.1) is 0 Å². The molecule has 1 aliphatic rings. The van der Waals surface area contributed by atoms with Crippen LogP contribution in [0.4, 0.5) is 0 Å². The molecular formula is C13H23N3O2S. The summed E-state index contributed by atoms with van der Waals surface area (Å²) in [6.07, 6.45) is 3.70. The number of sulfonamides is 1. The Morgan fingerprint density at radius 3 is 2.47 bits per heavy atom. The lowest BCUT2D eigenvalue weighted by molar-refractivity contribution is 0.477. The second-order valence-corrected chi connectivity index (χ2v) is 7.25. The molecule has 0 saturated carbocycles. The van der Waals surface area contributed by atoms with Crippen molar-refractivity contribution in [3.8, 4) is 0 Å². The Labute approximate surface area is 115 Å². The van der Waals surface area contributed by atoms with Gasteiger partial charge < -0.3 is 9.88 Å². The molecule has 1 aliphatic heterocycles. The maximum Gasteiger partial charge on any atom is 0.244 e. The summed E-state index contributed by atoms with van der Waals surface area (Å²) < 4.78 is 28.7. The van der Waals surface area contributed by atoms with Crippen molar-refractivity contribution in [3.05, 3.63) is 18.0 Å². The molecule has 1 aromatic rings. The van der Waals surface area contributed by atoms with Gasteiger partial charge in [-0.1, -0.05) is 0 Å². The van der Waals surface area contributed by atoms with E-state index in [0.29, 0.717) is 24.5 Å². The van der Waals surface area contributed by atoms with Crippen molar-refractivity contribution >= 4 is 10.0 Å². The van der Waals surface area contributed by atoms with Crippen molar-refractivity contribution < 1.29 is 8.42 Å². The third-order valence-electron chi connectivity index (χ3n) is 3.52. The summed E-state index contributed by atoms with van der Waals surface area (Å²) >= 11 is 0. The van der Waals surface area contributed by atoms with E-state index in [4.69, 9.17) is 0 Å². The van der Waals surface area contributed by atoms with Gasteiger partial charge in [-0.15, -0.1) is 0 Å². The second kappa shape index (κ2) is 5.64. The zero-order chi connectivity index (χ0) is 14.0. The van der Waals surface area contributed by atoms with Crippen LogP contribution in [0.15, 0.2) is 17.2 Å². The van der Waals surface area contributed by atoms with Crippen molar-refractivity contribution in [1.82, 2.24) is 14.2 Å². The standard InChI is InChI=1S/C13H23N3O2S/c1-11(2)16-10-13(8-12(16)9-14-3)19(17,18)15-6-4-5-7-15/h8,10-11,14H,4-7,9H2,1-3H3. The average Bonchev–Trinajstić information content (AvgIpc) is 2.98. The highest BCUT2D eigenvalue weighted by molar-refractivity contribution is 7.89. The van der Waals surface area contributed by atoms with Crippen molar-refractivity contribution in [3.63, 3.8) is 0 Å². The topological polar surface area (TPSA) is 54.3 Å². The Morgan fingerprint density at radius 1 is 1.32 bits per heavy atom. The first-order chi connectivity index (χ1) is 8.96. The van der Waals surface area contributed by atoms with E-state index in [1.54, 1.807) is 16.6 Å². The second-order valence-electron chi connectivity index (χ2n) is 5.31. The first-order valence-corrected chi connectivity index (χ1v) is 8.26. The van der Waals surface area contributed by atoms with Gasteiger partial charge in [0, 0.05) is 37.6 Å². The molecule has 1 aromatic heterocycles. The number of nitrogens with one attached hydrogen (secondary N) is 1. The van der Waals surface area contributed by atoms with E-state index in [1.165, 1.54) is 0 Å². The van der Waals surface area contributed by atoms with Gasteiger partial charge in [-0.3, -0.25) is 0 Å². The number of rotatable bonds is 5. The molecular weight excluding hydrogens is 262 g/mol. The minimum absolute atomic E-state index is 0.255. The third-order valence-corrected chi connectivity index (χ3v) is 5.39. The molecule has 2 rings (SSSR count). The van der Waals surface area contributed by atoms with Crippen LogP contribution in [0.25, 0.3) is 0 Å². The van der Waals surface area contributed by atoms with Gasteiger partial charge in [0.1, 0.15) is 4.90 Å². The molecule has 1 fully saturated rings. The molecule has 5 nitrogen and oxygen atoms in total. The summed E-state index contributed by atoms with van der Waals surface area (Å²) in [6, 6.07) is 2.05. The fraction of sp³-hybridized carbons (Fsp3) is 0.692. The molecule has 108 valence electrons. The van der Waals surface area contributed by atoms with E-state index in [9.17, 15) is 8.42 Å². The van der Waals surface area contributed by atoms with Crippen LogP contribution < -0.4 is 5.32 Å². The van der Waals surface area contributed by atoms with E-state index in [0.717, 1.165) is 18.5 Å². The van der Waals surface area contributed by atoms with E-state index < -0.39 is 10.0 Å². The van der Waals surface area contributed by atoms with E-state index in [2.05, 4.69) is 19.2 Å². The van der Waals surface area contributed by atoms with Crippen LogP contribution in [0.5, 0.6) is 0 Å². The summed E-state index contributed by atoms with van der Waals surface area (Å²) in [4.78, 5) is 0.424. The number of hydrogen-bond donors (Lipinski definition) is 1. The molecule has 1 N–H and O–H groups in total. The minimum Gasteiger partial charge on any atom is -0.346 e. The molecule has 0 bridgehead atoms. The first-order valence-electron chi connectivity index (χ1n) is 6.82. The van der Waals surface area contributed by atoms with Gasteiger partial charge in [0.2, 0.25) is 10.0 Å². The van der Waals surface area contributed by atoms with Crippen molar-refractivity contribution in [2.45, 2.75) is 44.2 Å². The minimum atomic E-state index is -3.31.